The molecule has 0 aromatic heterocycles. The maximum absolute atomic E-state index is 12.7. The SMILES string of the molecule is Br.CNCC(=O)OC(C)OC(=O)NCCc1ccc(OC(=O)c2ccccc2)c(OC(=O)c2ccccc2)c1. The van der Waals surface area contributed by atoms with Gasteiger partial charge in [0.15, 0.2) is 11.5 Å². The molecule has 2 N–H and O–H groups in total. The monoisotopic (exact) mass is 600 g/mol. The number of esters is 3. The molecule has 1 amide bonds. The van der Waals surface area contributed by atoms with Gasteiger partial charge in [-0.2, -0.15) is 0 Å². The molecular formula is C28H29BrN2O8. The van der Waals surface area contributed by atoms with E-state index in [4.69, 9.17) is 18.9 Å². The van der Waals surface area contributed by atoms with Gasteiger partial charge in [-0.1, -0.05) is 42.5 Å². The quantitative estimate of drug-likeness (QED) is 0.190. The van der Waals surface area contributed by atoms with Crippen LogP contribution in [0.5, 0.6) is 11.5 Å². The van der Waals surface area contributed by atoms with E-state index in [1.54, 1.807) is 79.8 Å². The van der Waals surface area contributed by atoms with E-state index in [0.717, 1.165) is 0 Å². The molecule has 0 fully saturated rings. The van der Waals surface area contributed by atoms with Crippen LogP contribution in [-0.2, 0) is 20.7 Å². The molecule has 3 aromatic carbocycles. The third-order valence-electron chi connectivity index (χ3n) is 5.01. The van der Waals surface area contributed by atoms with E-state index < -0.39 is 30.3 Å². The Hall–Kier alpha value is -4.22. The van der Waals surface area contributed by atoms with E-state index in [0.29, 0.717) is 23.1 Å². The zero-order valence-corrected chi connectivity index (χ0v) is 23.1. The highest BCUT2D eigenvalue weighted by molar-refractivity contribution is 8.93. The number of nitrogens with one attached hydrogen (secondary N) is 2. The highest BCUT2D eigenvalue weighted by Crippen LogP contribution is 2.30. The molecule has 0 spiro atoms. The number of carbonyl (C=O) groups excluding carboxylic acids is 4. The number of rotatable bonds is 11. The number of benzene rings is 3. The molecular weight excluding hydrogens is 572 g/mol. The Morgan fingerprint density at radius 3 is 1.90 bits per heavy atom. The summed E-state index contributed by atoms with van der Waals surface area (Å²) in [6, 6.07) is 21.6. The van der Waals surface area contributed by atoms with Gasteiger partial charge < -0.3 is 29.6 Å². The average Bonchev–Trinajstić information content (AvgIpc) is 2.91. The van der Waals surface area contributed by atoms with E-state index >= 15 is 0 Å². The first-order valence-corrected chi connectivity index (χ1v) is 11.8. The van der Waals surface area contributed by atoms with E-state index in [1.165, 1.54) is 13.0 Å². The lowest BCUT2D eigenvalue weighted by Gasteiger charge is -2.15. The lowest BCUT2D eigenvalue weighted by Crippen LogP contribution is -2.33. The van der Waals surface area contributed by atoms with Gasteiger partial charge in [0.05, 0.1) is 17.7 Å². The van der Waals surface area contributed by atoms with Crippen LogP contribution in [0.4, 0.5) is 4.79 Å². The second kappa shape index (κ2) is 15.9. The summed E-state index contributed by atoms with van der Waals surface area (Å²) in [6.45, 7) is 1.59. The molecule has 1 atom stereocenters. The van der Waals surface area contributed by atoms with Crippen LogP contribution in [0.15, 0.2) is 78.9 Å². The summed E-state index contributed by atoms with van der Waals surface area (Å²) in [5, 5.41) is 5.20. The van der Waals surface area contributed by atoms with Gasteiger partial charge in [0.1, 0.15) is 0 Å². The molecule has 0 aliphatic carbocycles. The van der Waals surface area contributed by atoms with Crippen LogP contribution < -0.4 is 20.1 Å². The molecule has 11 heteroatoms. The average molecular weight is 601 g/mol. The minimum Gasteiger partial charge on any atom is -0.424 e. The number of carbonyl (C=O) groups is 4. The van der Waals surface area contributed by atoms with Crippen LogP contribution in [0.2, 0.25) is 0 Å². The van der Waals surface area contributed by atoms with Crippen molar-refractivity contribution in [1.29, 1.82) is 0 Å². The van der Waals surface area contributed by atoms with Gasteiger partial charge in [-0.15, -0.1) is 17.0 Å². The zero-order valence-electron chi connectivity index (χ0n) is 21.4. The normalized spacial score (nSPS) is 10.8. The van der Waals surface area contributed by atoms with Gasteiger partial charge in [-0.05, 0) is 55.4 Å². The molecule has 10 nitrogen and oxygen atoms in total. The summed E-state index contributed by atoms with van der Waals surface area (Å²) < 4.78 is 21.0. The van der Waals surface area contributed by atoms with Crippen molar-refractivity contribution < 1.29 is 38.1 Å². The van der Waals surface area contributed by atoms with E-state index in [1.807, 2.05) is 0 Å². The van der Waals surface area contributed by atoms with Gasteiger partial charge >= 0.3 is 24.0 Å². The molecule has 0 saturated heterocycles. The molecule has 0 aliphatic rings. The Balaban J connectivity index is 0.00000533. The van der Waals surface area contributed by atoms with Crippen LogP contribution in [0.25, 0.3) is 0 Å². The van der Waals surface area contributed by atoms with Crippen molar-refractivity contribution in [3.8, 4) is 11.5 Å². The maximum Gasteiger partial charge on any atom is 0.410 e. The third kappa shape index (κ3) is 10.2. The lowest BCUT2D eigenvalue weighted by atomic mass is 10.1. The Morgan fingerprint density at radius 2 is 1.33 bits per heavy atom. The first-order chi connectivity index (χ1) is 18.4. The Kier molecular flexibility index (Phi) is 12.6. The van der Waals surface area contributed by atoms with Crippen molar-refractivity contribution in [2.75, 3.05) is 20.1 Å². The highest BCUT2D eigenvalue weighted by Gasteiger charge is 2.18. The van der Waals surface area contributed by atoms with Crippen LogP contribution in [0.1, 0.15) is 33.2 Å². The number of ether oxygens (including phenoxy) is 4. The summed E-state index contributed by atoms with van der Waals surface area (Å²) in [5.41, 5.74) is 1.35. The predicted molar refractivity (Wildman–Crippen MR) is 147 cm³/mol. The summed E-state index contributed by atoms with van der Waals surface area (Å²) in [4.78, 5) is 48.7. The summed E-state index contributed by atoms with van der Waals surface area (Å²) >= 11 is 0. The largest absolute Gasteiger partial charge is 0.424 e. The summed E-state index contributed by atoms with van der Waals surface area (Å²) in [5.74, 6) is -1.67. The third-order valence-corrected chi connectivity index (χ3v) is 5.01. The van der Waals surface area contributed by atoms with Gasteiger partial charge in [-0.25, -0.2) is 14.4 Å². The number of alkyl carbamates (subject to hydrolysis) is 1. The molecule has 1 unspecified atom stereocenters. The van der Waals surface area contributed by atoms with Gasteiger partial charge in [-0.3, -0.25) is 4.79 Å². The molecule has 39 heavy (non-hydrogen) atoms. The molecule has 206 valence electrons. The second-order valence-electron chi connectivity index (χ2n) is 7.96. The number of likely N-dealkylation sites (N-methyl/N-ethyl adjacent to an activating group) is 1. The predicted octanol–water partition coefficient (Wildman–Crippen LogP) is 4.08. The van der Waals surface area contributed by atoms with Crippen LogP contribution in [0, 0.1) is 0 Å². The molecule has 3 rings (SSSR count). The molecule has 3 aromatic rings. The maximum atomic E-state index is 12.7. The van der Waals surface area contributed by atoms with Crippen LogP contribution in [0.3, 0.4) is 0 Å². The minimum absolute atomic E-state index is 0. The molecule has 0 saturated carbocycles. The summed E-state index contributed by atoms with van der Waals surface area (Å²) in [7, 11) is 1.59. The van der Waals surface area contributed by atoms with Crippen LogP contribution >= 0.6 is 17.0 Å². The number of halogens is 1. The van der Waals surface area contributed by atoms with E-state index in [2.05, 4.69) is 10.6 Å². The van der Waals surface area contributed by atoms with Gasteiger partial charge in [0, 0.05) is 13.5 Å². The van der Waals surface area contributed by atoms with E-state index in [9.17, 15) is 19.2 Å². The first-order valence-electron chi connectivity index (χ1n) is 11.8. The second-order valence-corrected chi connectivity index (χ2v) is 7.96. The summed E-state index contributed by atoms with van der Waals surface area (Å²) in [6.07, 6.45) is -1.48. The Bertz CT molecular complexity index is 1250. The van der Waals surface area contributed by atoms with E-state index in [-0.39, 0.29) is 41.6 Å². The number of amides is 1. The standard InChI is InChI=1S/C28H28N2O8.BrH/c1-19(35-25(31)18-29-2)36-28(34)30-16-15-20-13-14-23(37-26(32)21-9-5-3-6-10-21)24(17-20)38-27(33)22-11-7-4-8-12-22;/h3-14,17,19,29H,15-16,18H2,1-2H3,(H,30,34);1H. The topological polar surface area (TPSA) is 129 Å². The minimum atomic E-state index is -1.06. The van der Waals surface area contributed by atoms with Crippen molar-refractivity contribution in [3.05, 3.63) is 95.6 Å². The first kappa shape index (κ1) is 31.0. The van der Waals surface area contributed by atoms with Gasteiger partial charge in [0.2, 0.25) is 6.29 Å². The van der Waals surface area contributed by atoms with Crippen molar-refractivity contribution >= 4 is 41.0 Å². The Morgan fingerprint density at radius 1 is 0.769 bits per heavy atom. The zero-order chi connectivity index (χ0) is 27.3. The van der Waals surface area contributed by atoms with Crippen molar-refractivity contribution in [3.63, 3.8) is 0 Å². The molecule has 0 aliphatic heterocycles. The molecule has 0 radical (unpaired) electrons. The smallest absolute Gasteiger partial charge is 0.410 e. The highest BCUT2D eigenvalue weighted by atomic mass is 79.9. The molecule has 0 bridgehead atoms. The van der Waals surface area contributed by atoms with Crippen molar-refractivity contribution in [2.45, 2.75) is 19.6 Å². The van der Waals surface area contributed by atoms with Crippen molar-refractivity contribution in [1.82, 2.24) is 10.6 Å². The number of hydrogen-bond donors (Lipinski definition) is 2. The Labute approximate surface area is 236 Å². The fourth-order valence-corrected chi connectivity index (χ4v) is 3.23. The van der Waals surface area contributed by atoms with Gasteiger partial charge in [0.25, 0.3) is 0 Å². The lowest BCUT2D eigenvalue weighted by molar-refractivity contribution is -0.163. The number of hydrogen-bond acceptors (Lipinski definition) is 9. The fourth-order valence-electron chi connectivity index (χ4n) is 3.23. The molecule has 0 heterocycles. The fraction of sp³-hybridized carbons (Fsp3) is 0.214. The van der Waals surface area contributed by atoms with Crippen molar-refractivity contribution in [2.24, 2.45) is 0 Å². The van der Waals surface area contributed by atoms with Crippen LogP contribution in [-0.4, -0.2) is 50.4 Å².